The van der Waals surface area contributed by atoms with Crippen molar-refractivity contribution in [2.24, 2.45) is 0 Å². The second kappa shape index (κ2) is 5.04. The maximum atomic E-state index is 12.4. The highest BCUT2D eigenvalue weighted by Gasteiger charge is 2.51. The number of esters is 1. The van der Waals surface area contributed by atoms with Gasteiger partial charge in [0.05, 0.1) is 0 Å². The van der Waals surface area contributed by atoms with Gasteiger partial charge in [0, 0.05) is 25.4 Å². The Morgan fingerprint density at radius 3 is 2.65 bits per heavy atom. The summed E-state index contributed by atoms with van der Waals surface area (Å²) in [5.74, 6) is -2.17. The molecule has 0 spiro atoms. The topological polar surface area (TPSA) is 94.6 Å². The first-order valence-electron chi connectivity index (χ1n) is 5.68. The maximum Gasteiger partial charge on any atom is 0.308 e. The molecular formula is C12H12N2O5S. The molecule has 8 heteroatoms. The molecule has 1 amide bonds. The maximum absolute atomic E-state index is 12.4. The van der Waals surface area contributed by atoms with Crippen LogP contribution < -0.4 is 5.32 Å². The van der Waals surface area contributed by atoms with Gasteiger partial charge in [-0.05, 0) is 6.92 Å². The molecule has 2 rings (SSSR count). The van der Waals surface area contributed by atoms with Crippen LogP contribution in [0.3, 0.4) is 0 Å². The van der Waals surface area contributed by atoms with Crippen molar-refractivity contribution in [1.82, 2.24) is 10.3 Å². The largest absolute Gasteiger partial charge is 0.454 e. The molecule has 1 unspecified atom stereocenters. The van der Waals surface area contributed by atoms with Crippen LogP contribution in [0.1, 0.15) is 25.8 Å². The lowest BCUT2D eigenvalue weighted by molar-refractivity contribution is -0.142. The lowest BCUT2D eigenvalue weighted by Gasteiger charge is -2.20. The Hall–Kier alpha value is -2.22. The first-order valence-corrected chi connectivity index (χ1v) is 6.56. The van der Waals surface area contributed by atoms with Gasteiger partial charge in [-0.3, -0.25) is 19.7 Å². The number of Topliss-reactive ketones (excluding diaryl/α,β-unsaturated/α-hetero) is 1. The van der Waals surface area contributed by atoms with Crippen LogP contribution in [0.4, 0.5) is 0 Å². The van der Waals surface area contributed by atoms with E-state index < -0.39 is 23.3 Å². The average molecular weight is 296 g/mol. The standard InChI is InChI=1S/C12H12N2O5S/c1-6(15)14-10-8(18-7(2)16)9(17)12(3,19-10)11-13-4-5-20-11/h4-5H,1-3H3,(H,14,15). The highest BCUT2D eigenvalue weighted by molar-refractivity contribution is 7.09. The quantitative estimate of drug-likeness (QED) is 0.830. The van der Waals surface area contributed by atoms with E-state index in [9.17, 15) is 14.4 Å². The third kappa shape index (κ3) is 2.42. The molecule has 0 saturated heterocycles. The number of carbonyl (C=O) groups is 3. The summed E-state index contributed by atoms with van der Waals surface area (Å²) in [6.07, 6.45) is 1.53. The molecule has 0 fully saturated rings. The molecule has 7 nitrogen and oxygen atoms in total. The van der Waals surface area contributed by atoms with Gasteiger partial charge in [-0.25, -0.2) is 4.98 Å². The van der Waals surface area contributed by atoms with Gasteiger partial charge >= 0.3 is 5.97 Å². The molecule has 0 aromatic carbocycles. The van der Waals surface area contributed by atoms with E-state index in [1.807, 2.05) is 0 Å². The number of nitrogens with zero attached hydrogens (tertiary/aromatic N) is 1. The van der Waals surface area contributed by atoms with E-state index in [0.717, 1.165) is 6.92 Å². The van der Waals surface area contributed by atoms with Gasteiger partial charge in [0.15, 0.2) is 0 Å². The minimum Gasteiger partial charge on any atom is -0.454 e. The summed E-state index contributed by atoms with van der Waals surface area (Å²) in [6.45, 7) is 3.92. The number of rotatable bonds is 3. The zero-order valence-electron chi connectivity index (χ0n) is 11.1. The first-order chi connectivity index (χ1) is 9.34. The molecular weight excluding hydrogens is 284 g/mol. The molecule has 1 aromatic heterocycles. The fourth-order valence-corrected chi connectivity index (χ4v) is 2.43. The average Bonchev–Trinajstić information content (AvgIpc) is 2.93. The number of hydrogen-bond acceptors (Lipinski definition) is 7. The molecule has 1 aliphatic heterocycles. The van der Waals surface area contributed by atoms with Gasteiger partial charge in [0.2, 0.25) is 23.2 Å². The zero-order chi connectivity index (χ0) is 14.9. The van der Waals surface area contributed by atoms with Crippen molar-refractivity contribution < 1.29 is 23.9 Å². The highest BCUT2D eigenvalue weighted by atomic mass is 32.1. The van der Waals surface area contributed by atoms with Crippen molar-refractivity contribution in [3.05, 3.63) is 28.2 Å². The Labute approximate surface area is 118 Å². The van der Waals surface area contributed by atoms with E-state index in [1.165, 1.54) is 31.4 Å². The molecule has 0 saturated carbocycles. The summed E-state index contributed by atoms with van der Waals surface area (Å²) >= 11 is 1.23. The fraction of sp³-hybridized carbons (Fsp3) is 0.333. The predicted molar refractivity (Wildman–Crippen MR) is 68.2 cm³/mol. The number of carbonyl (C=O) groups excluding carboxylic acids is 3. The Morgan fingerprint density at radius 1 is 1.45 bits per heavy atom. The number of hydrogen-bond donors (Lipinski definition) is 1. The van der Waals surface area contributed by atoms with Gasteiger partial charge in [0.25, 0.3) is 5.78 Å². The molecule has 1 aromatic rings. The number of ether oxygens (including phenoxy) is 2. The zero-order valence-corrected chi connectivity index (χ0v) is 11.9. The van der Waals surface area contributed by atoms with Crippen LogP contribution in [-0.4, -0.2) is 22.6 Å². The van der Waals surface area contributed by atoms with Crippen LogP contribution in [0.5, 0.6) is 0 Å². The lowest BCUT2D eigenvalue weighted by atomic mass is 10.0. The van der Waals surface area contributed by atoms with Gasteiger partial charge in [0.1, 0.15) is 5.01 Å². The minimum absolute atomic E-state index is 0.171. The molecule has 0 radical (unpaired) electrons. The van der Waals surface area contributed by atoms with E-state index in [1.54, 1.807) is 5.38 Å². The van der Waals surface area contributed by atoms with Gasteiger partial charge in [-0.15, -0.1) is 11.3 Å². The van der Waals surface area contributed by atoms with Crippen molar-refractivity contribution in [1.29, 1.82) is 0 Å². The third-order valence-corrected chi connectivity index (χ3v) is 3.50. The number of thiazole rings is 1. The highest BCUT2D eigenvalue weighted by Crippen LogP contribution is 2.39. The van der Waals surface area contributed by atoms with E-state index in [4.69, 9.17) is 9.47 Å². The molecule has 20 heavy (non-hydrogen) atoms. The first kappa shape index (κ1) is 14.2. The second-order valence-corrected chi connectivity index (χ2v) is 5.13. The Bertz CT molecular complexity index is 607. The van der Waals surface area contributed by atoms with Crippen LogP contribution in [0.2, 0.25) is 0 Å². The molecule has 106 valence electrons. The van der Waals surface area contributed by atoms with Gasteiger partial charge in [-0.1, -0.05) is 0 Å². The number of amides is 1. The van der Waals surface area contributed by atoms with Crippen LogP contribution in [-0.2, 0) is 29.5 Å². The summed E-state index contributed by atoms with van der Waals surface area (Å²) in [5.41, 5.74) is -1.41. The van der Waals surface area contributed by atoms with E-state index in [-0.39, 0.29) is 11.6 Å². The summed E-state index contributed by atoms with van der Waals surface area (Å²) in [4.78, 5) is 38.7. The van der Waals surface area contributed by atoms with Crippen LogP contribution >= 0.6 is 11.3 Å². The summed E-state index contributed by atoms with van der Waals surface area (Å²) in [5, 5.41) is 4.45. The SMILES string of the molecule is CC(=O)NC1=C(OC(C)=O)C(=O)C(C)(c2nccs2)O1. The van der Waals surface area contributed by atoms with Crippen LogP contribution in [0.25, 0.3) is 0 Å². The predicted octanol–water partition coefficient (Wildman–Crippen LogP) is 0.826. The third-order valence-electron chi connectivity index (χ3n) is 2.53. The Kier molecular flexibility index (Phi) is 3.58. The summed E-state index contributed by atoms with van der Waals surface area (Å²) in [6, 6.07) is 0. The summed E-state index contributed by atoms with van der Waals surface area (Å²) < 4.78 is 10.4. The Morgan fingerprint density at radius 2 is 2.15 bits per heavy atom. The van der Waals surface area contributed by atoms with Gasteiger partial charge in [-0.2, -0.15) is 0 Å². The second-order valence-electron chi connectivity index (χ2n) is 4.23. The number of aromatic nitrogens is 1. The number of ketones is 1. The summed E-state index contributed by atoms with van der Waals surface area (Å²) in [7, 11) is 0. The fourth-order valence-electron chi connectivity index (χ4n) is 1.70. The van der Waals surface area contributed by atoms with E-state index >= 15 is 0 Å². The molecule has 1 aliphatic rings. The molecule has 1 N–H and O–H groups in total. The normalized spacial score (nSPS) is 21.6. The Balaban J connectivity index is 2.40. The van der Waals surface area contributed by atoms with Crippen LogP contribution in [0.15, 0.2) is 23.2 Å². The van der Waals surface area contributed by atoms with Crippen LogP contribution in [0, 0.1) is 0 Å². The molecule has 2 heterocycles. The van der Waals surface area contributed by atoms with Gasteiger partial charge < -0.3 is 9.47 Å². The lowest BCUT2D eigenvalue weighted by Crippen LogP contribution is -2.32. The van der Waals surface area contributed by atoms with Crippen molar-refractivity contribution >= 4 is 29.0 Å². The molecule has 0 bridgehead atoms. The van der Waals surface area contributed by atoms with Crippen molar-refractivity contribution in [2.45, 2.75) is 26.4 Å². The van der Waals surface area contributed by atoms with E-state index in [0.29, 0.717) is 5.01 Å². The van der Waals surface area contributed by atoms with Crippen molar-refractivity contribution in [3.63, 3.8) is 0 Å². The molecule has 1 atom stereocenters. The minimum atomic E-state index is -1.41. The van der Waals surface area contributed by atoms with E-state index in [2.05, 4.69) is 10.3 Å². The number of nitrogens with one attached hydrogen (secondary N) is 1. The van der Waals surface area contributed by atoms with Crippen molar-refractivity contribution in [2.75, 3.05) is 0 Å². The molecule has 0 aliphatic carbocycles. The smallest absolute Gasteiger partial charge is 0.308 e. The monoisotopic (exact) mass is 296 g/mol. The van der Waals surface area contributed by atoms with Crippen molar-refractivity contribution in [3.8, 4) is 0 Å².